The summed E-state index contributed by atoms with van der Waals surface area (Å²) in [5.74, 6) is 0.431. The third-order valence-electron chi connectivity index (χ3n) is 4.63. The van der Waals surface area contributed by atoms with Crippen molar-refractivity contribution in [1.29, 1.82) is 0 Å². The maximum Gasteiger partial charge on any atom is 0.310 e. The van der Waals surface area contributed by atoms with E-state index in [-0.39, 0.29) is 35.8 Å². The lowest BCUT2D eigenvalue weighted by Crippen LogP contribution is -2.35. The number of nitrogens with zero attached hydrogens (tertiary/aromatic N) is 1. The summed E-state index contributed by atoms with van der Waals surface area (Å²) in [6.45, 7) is 10.6. The highest BCUT2D eigenvalue weighted by molar-refractivity contribution is 5.85. The molecule has 0 radical (unpaired) electrons. The van der Waals surface area contributed by atoms with Crippen LogP contribution >= 0.6 is 12.4 Å². The number of halogens is 1. The van der Waals surface area contributed by atoms with Gasteiger partial charge in [0.25, 0.3) is 0 Å². The van der Waals surface area contributed by atoms with Crippen molar-refractivity contribution in [2.24, 2.45) is 17.3 Å². The molecule has 1 aliphatic heterocycles. The van der Waals surface area contributed by atoms with Gasteiger partial charge in [-0.1, -0.05) is 25.5 Å². The number of allylic oxidation sites excluding steroid dienone is 2. The van der Waals surface area contributed by atoms with Gasteiger partial charge in [0.1, 0.15) is 6.10 Å². The quantitative estimate of drug-likeness (QED) is 0.592. The predicted octanol–water partition coefficient (Wildman–Crippen LogP) is 3.28. The molecular formula is C16H28ClNO2. The van der Waals surface area contributed by atoms with Crippen molar-refractivity contribution < 1.29 is 9.53 Å². The smallest absolute Gasteiger partial charge is 0.310 e. The Morgan fingerprint density at radius 2 is 1.80 bits per heavy atom. The maximum atomic E-state index is 12.3. The molecule has 0 bridgehead atoms. The third kappa shape index (κ3) is 3.76. The largest absolute Gasteiger partial charge is 0.462 e. The monoisotopic (exact) mass is 301 g/mol. The van der Waals surface area contributed by atoms with Crippen LogP contribution in [0.25, 0.3) is 0 Å². The Morgan fingerprint density at radius 1 is 1.25 bits per heavy atom. The number of ether oxygens (including phenoxy) is 1. The lowest BCUT2D eigenvalue weighted by atomic mass is 10.1. The number of rotatable bonds is 3. The molecule has 20 heavy (non-hydrogen) atoms. The van der Waals surface area contributed by atoms with Crippen LogP contribution in [0.2, 0.25) is 0 Å². The zero-order chi connectivity index (χ0) is 14.2. The van der Waals surface area contributed by atoms with Crippen molar-refractivity contribution in [2.45, 2.75) is 46.6 Å². The van der Waals surface area contributed by atoms with Crippen molar-refractivity contribution in [3.8, 4) is 0 Å². The molecule has 0 aromatic heterocycles. The van der Waals surface area contributed by atoms with E-state index in [4.69, 9.17) is 4.74 Å². The molecule has 2 aliphatic rings. The summed E-state index contributed by atoms with van der Waals surface area (Å²) in [5.41, 5.74) is 1.35. The van der Waals surface area contributed by atoms with Gasteiger partial charge in [-0.3, -0.25) is 4.79 Å². The molecule has 3 nitrogen and oxygen atoms in total. The van der Waals surface area contributed by atoms with Crippen LogP contribution in [0, 0.1) is 17.3 Å². The second-order valence-electron chi connectivity index (χ2n) is 7.01. The average Bonchev–Trinajstić information content (AvgIpc) is 2.83. The summed E-state index contributed by atoms with van der Waals surface area (Å²) in [6, 6.07) is 0. The fourth-order valence-corrected chi connectivity index (χ4v) is 3.14. The number of piperidine rings is 1. The molecule has 116 valence electrons. The summed E-state index contributed by atoms with van der Waals surface area (Å²) in [5, 5.41) is 0. The molecule has 2 atom stereocenters. The number of hydrogen-bond acceptors (Lipinski definition) is 3. The van der Waals surface area contributed by atoms with Gasteiger partial charge >= 0.3 is 5.97 Å². The molecule has 1 aliphatic carbocycles. The van der Waals surface area contributed by atoms with E-state index in [1.807, 2.05) is 0 Å². The van der Waals surface area contributed by atoms with E-state index in [2.05, 4.69) is 45.7 Å². The lowest BCUT2D eigenvalue weighted by molar-refractivity contribution is -0.153. The highest BCUT2D eigenvalue weighted by Gasteiger charge is 2.61. The summed E-state index contributed by atoms with van der Waals surface area (Å²) in [7, 11) is 2.12. The molecular weight excluding hydrogens is 274 g/mol. The SMILES string of the molecule is CC(C)=CC1C(C(=O)OC2CCN(C)CC2)C1(C)C.Cl. The maximum absolute atomic E-state index is 12.3. The minimum atomic E-state index is 0. The van der Waals surface area contributed by atoms with Crippen molar-refractivity contribution in [2.75, 3.05) is 20.1 Å². The van der Waals surface area contributed by atoms with Crippen molar-refractivity contribution >= 4 is 18.4 Å². The van der Waals surface area contributed by atoms with Gasteiger partial charge in [-0.25, -0.2) is 0 Å². The van der Waals surface area contributed by atoms with Crippen LogP contribution in [0.3, 0.4) is 0 Å². The Labute approximate surface area is 129 Å². The van der Waals surface area contributed by atoms with Gasteiger partial charge in [-0.15, -0.1) is 12.4 Å². The van der Waals surface area contributed by atoms with Crippen LogP contribution < -0.4 is 0 Å². The van der Waals surface area contributed by atoms with E-state index < -0.39 is 0 Å². The van der Waals surface area contributed by atoms with E-state index >= 15 is 0 Å². The molecule has 2 rings (SSSR count). The predicted molar refractivity (Wildman–Crippen MR) is 84.1 cm³/mol. The first-order valence-electron chi connectivity index (χ1n) is 7.36. The fraction of sp³-hybridized carbons (Fsp3) is 0.812. The molecule has 0 amide bonds. The van der Waals surface area contributed by atoms with Gasteiger partial charge in [0.2, 0.25) is 0 Å². The topological polar surface area (TPSA) is 29.5 Å². The number of esters is 1. The average molecular weight is 302 g/mol. The second kappa shape index (κ2) is 6.48. The van der Waals surface area contributed by atoms with Crippen LogP contribution in [-0.4, -0.2) is 37.1 Å². The normalized spacial score (nSPS) is 29.2. The van der Waals surface area contributed by atoms with Gasteiger partial charge in [0.05, 0.1) is 5.92 Å². The molecule has 2 unspecified atom stereocenters. The van der Waals surface area contributed by atoms with E-state index in [0.29, 0.717) is 5.92 Å². The van der Waals surface area contributed by atoms with Crippen LogP contribution in [0.1, 0.15) is 40.5 Å². The molecule has 0 aromatic carbocycles. The number of likely N-dealkylation sites (tertiary alicyclic amines) is 1. The molecule has 1 saturated carbocycles. The van der Waals surface area contributed by atoms with Crippen LogP contribution in [0.4, 0.5) is 0 Å². The van der Waals surface area contributed by atoms with Crippen LogP contribution in [0.5, 0.6) is 0 Å². The molecule has 2 fully saturated rings. The minimum absolute atomic E-state index is 0. The van der Waals surface area contributed by atoms with E-state index in [1.165, 1.54) is 5.57 Å². The van der Waals surface area contributed by atoms with Gasteiger partial charge in [-0.05, 0) is 45.1 Å². The molecule has 0 aromatic rings. The van der Waals surface area contributed by atoms with E-state index in [0.717, 1.165) is 25.9 Å². The number of hydrogen-bond donors (Lipinski definition) is 0. The van der Waals surface area contributed by atoms with E-state index in [1.54, 1.807) is 0 Å². The van der Waals surface area contributed by atoms with Gasteiger partial charge in [0.15, 0.2) is 0 Å². The fourth-order valence-electron chi connectivity index (χ4n) is 3.14. The number of carbonyl (C=O) groups is 1. The molecule has 0 spiro atoms. The standard InChI is InChI=1S/C16H27NO2.ClH/c1-11(2)10-13-14(16(13,3)4)15(18)19-12-6-8-17(5)9-7-12;/h10,12-14H,6-9H2,1-5H3;1H. The summed E-state index contributed by atoms with van der Waals surface area (Å²) >= 11 is 0. The van der Waals surface area contributed by atoms with Gasteiger partial charge in [0, 0.05) is 13.1 Å². The van der Waals surface area contributed by atoms with E-state index in [9.17, 15) is 4.79 Å². The van der Waals surface area contributed by atoms with Crippen molar-refractivity contribution in [3.63, 3.8) is 0 Å². The van der Waals surface area contributed by atoms with Crippen molar-refractivity contribution in [3.05, 3.63) is 11.6 Å². The molecule has 1 saturated heterocycles. The Morgan fingerprint density at radius 3 is 2.30 bits per heavy atom. The molecule has 4 heteroatoms. The number of carbonyl (C=O) groups excluding carboxylic acids is 1. The first-order valence-corrected chi connectivity index (χ1v) is 7.36. The van der Waals surface area contributed by atoms with Gasteiger partial charge in [-0.2, -0.15) is 0 Å². The second-order valence-corrected chi connectivity index (χ2v) is 7.01. The highest BCUT2D eigenvalue weighted by Crippen LogP contribution is 2.60. The summed E-state index contributed by atoms with van der Waals surface area (Å²) in [6.07, 6.45) is 4.30. The summed E-state index contributed by atoms with van der Waals surface area (Å²) < 4.78 is 5.72. The zero-order valence-electron chi connectivity index (χ0n) is 13.3. The Bertz CT molecular complexity index is 380. The lowest BCUT2D eigenvalue weighted by Gasteiger charge is -2.28. The highest BCUT2D eigenvalue weighted by atomic mass is 35.5. The Kier molecular flexibility index (Phi) is 5.68. The minimum Gasteiger partial charge on any atom is -0.462 e. The van der Waals surface area contributed by atoms with Crippen LogP contribution in [0.15, 0.2) is 11.6 Å². The summed E-state index contributed by atoms with van der Waals surface area (Å²) in [4.78, 5) is 14.6. The molecule has 1 heterocycles. The first-order chi connectivity index (χ1) is 8.82. The third-order valence-corrected chi connectivity index (χ3v) is 4.63. The zero-order valence-corrected chi connectivity index (χ0v) is 14.1. The Balaban J connectivity index is 0.00000200. The molecule has 0 N–H and O–H groups in total. The van der Waals surface area contributed by atoms with Crippen LogP contribution in [-0.2, 0) is 9.53 Å². The van der Waals surface area contributed by atoms with Gasteiger partial charge < -0.3 is 9.64 Å². The van der Waals surface area contributed by atoms with Crippen molar-refractivity contribution in [1.82, 2.24) is 4.90 Å². The Hall–Kier alpha value is -0.540. The first kappa shape index (κ1) is 17.5.